The number of carbonyl (C=O) groups excluding carboxylic acids is 1. The first kappa shape index (κ1) is 16.3. The van der Waals surface area contributed by atoms with Crippen molar-refractivity contribution >= 4 is 5.91 Å². The van der Waals surface area contributed by atoms with E-state index in [9.17, 15) is 4.79 Å². The molecule has 0 bridgehead atoms. The summed E-state index contributed by atoms with van der Waals surface area (Å²) in [7, 11) is 0. The van der Waals surface area contributed by atoms with Gasteiger partial charge in [-0.15, -0.1) is 0 Å². The van der Waals surface area contributed by atoms with Crippen molar-refractivity contribution in [3.63, 3.8) is 0 Å². The Bertz CT molecular complexity index is 799. The molecular weight excluding hydrogens is 318 g/mol. The Balaban J connectivity index is 1.51. The summed E-state index contributed by atoms with van der Waals surface area (Å²) in [6.45, 7) is 5.89. The minimum absolute atomic E-state index is 0.0612. The molecule has 2 N–H and O–H groups in total. The van der Waals surface area contributed by atoms with E-state index in [1.165, 1.54) is 11.1 Å². The van der Waals surface area contributed by atoms with Crippen LogP contribution in [0.2, 0.25) is 0 Å². The minimum atomic E-state index is -0.136. The van der Waals surface area contributed by atoms with Crippen LogP contribution in [-0.2, 0) is 35.5 Å². The van der Waals surface area contributed by atoms with Crippen LogP contribution in [0, 0.1) is 0 Å². The number of carbonyl (C=O) groups is 1. The third kappa shape index (κ3) is 3.07. The molecule has 1 aromatic heterocycles. The van der Waals surface area contributed by atoms with Crippen molar-refractivity contribution in [2.24, 2.45) is 0 Å². The molecule has 0 saturated heterocycles. The molecule has 4 rings (SSSR count). The van der Waals surface area contributed by atoms with E-state index < -0.39 is 0 Å². The highest BCUT2D eigenvalue weighted by atomic mass is 16.5. The largest absolute Gasteiger partial charge is 0.376 e. The second kappa shape index (κ2) is 6.61. The van der Waals surface area contributed by atoms with Crippen LogP contribution >= 0.6 is 0 Å². The molecule has 0 radical (unpaired) electrons. The van der Waals surface area contributed by atoms with E-state index in [1.807, 2.05) is 19.9 Å². The molecule has 0 unspecified atom stereocenters. The number of amides is 1. The van der Waals surface area contributed by atoms with Crippen LogP contribution in [-0.4, -0.2) is 28.8 Å². The van der Waals surface area contributed by atoms with E-state index in [4.69, 9.17) is 9.47 Å². The predicted octanol–water partition coefficient (Wildman–Crippen LogP) is 2.43. The second-order valence-electron chi connectivity index (χ2n) is 6.80. The van der Waals surface area contributed by atoms with Gasteiger partial charge in [0.15, 0.2) is 5.69 Å². The molecular formula is C19H23N3O3. The Morgan fingerprint density at radius 3 is 3.12 bits per heavy atom. The molecule has 6 heteroatoms. The summed E-state index contributed by atoms with van der Waals surface area (Å²) in [6.07, 6.45) is 1.63. The quantitative estimate of drug-likeness (QED) is 0.899. The van der Waals surface area contributed by atoms with Gasteiger partial charge < -0.3 is 14.8 Å². The fourth-order valence-corrected chi connectivity index (χ4v) is 3.79. The summed E-state index contributed by atoms with van der Waals surface area (Å²) < 4.78 is 11.3. The molecule has 1 aromatic carbocycles. The first-order valence-electron chi connectivity index (χ1n) is 8.81. The first-order chi connectivity index (χ1) is 12.1. The van der Waals surface area contributed by atoms with Crippen molar-refractivity contribution in [2.45, 2.75) is 52.0 Å². The van der Waals surface area contributed by atoms with Crippen molar-refractivity contribution in [1.29, 1.82) is 0 Å². The number of rotatable bonds is 3. The fraction of sp³-hybridized carbons (Fsp3) is 0.474. The molecule has 2 aliphatic heterocycles. The van der Waals surface area contributed by atoms with Crippen molar-refractivity contribution in [3.8, 4) is 0 Å². The van der Waals surface area contributed by atoms with Gasteiger partial charge in [0.05, 0.1) is 31.1 Å². The van der Waals surface area contributed by atoms with Crippen LogP contribution < -0.4 is 5.32 Å². The summed E-state index contributed by atoms with van der Waals surface area (Å²) in [5.41, 5.74) is 6.06. The SMILES string of the molecule is C[C@@H]1Cc2c(C(=O)NCc3cccc4c3CCOC4)n[nH]c2[C@H](C)O1. The zero-order valence-corrected chi connectivity index (χ0v) is 14.6. The van der Waals surface area contributed by atoms with Gasteiger partial charge in [-0.25, -0.2) is 0 Å². The lowest BCUT2D eigenvalue weighted by Gasteiger charge is -2.25. The number of H-pyrrole nitrogens is 1. The van der Waals surface area contributed by atoms with E-state index in [0.29, 0.717) is 25.3 Å². The molecule has 25 heavy (non-hydrogen) atoms. The number of nitrogens with zero attached hydrogens (tertiary/aromatic N) is 1. The number of aromatic amines is 1. The predicted molar refractivity (Wildman–Crippen MR) is 92.2 cm³/mol. The molecule has 1 amide bonds. The standard InChI is InChI=1S/C19H23N3O3/c1-11-8-16-17(12(2)25-11)21-22-18(16)19(23)20-9-13-4-3-5-14-10-24-7-6-15(13)14/h3-5,11-12H,6-10H2,1-2H3,(H,20,23)(H,21,22)/t11-,12+/m1/s1. The van der Waals surface area contributed by atoms with Crippen molar-refractivity contribution in [1.82, 2.24) is 15.5 Å². The second-order valence-corrected chi connectivity index (χ2v) is 6.80. The van der Waals surface area contributed by atoms with Gasteiger partial charge in [-0.1, -0.05) is 18.2 Å². The van der Waals surface area contributed by atoms with E-state index in [1.54, 1.807) is 0 Å². The lowest BCUT2D eigenvalue weighted by molar-refractivity contribution is -0.00697. The minimum Gasteiger partial charge on any atom is -0.376 e. The Labute approximate surface area is 146 Å². The molecule has 0 spiro atoms. The normalized spacial score (nSPS) is 22.2. The van der Waals surface area contributed by atoms with Crippen LogP contribution in [0.4, 0.5) is 0 Å². The molecule has 6 nitrogen and oxygen atoms in total. The maximum Gasteiger partial charge on any atom is 0.272 e. The Hall–Kier alpha value is -2.18. The van der Waals surface area contributed by atoms with E-state index in [0.717, 1.165) is 29.8 Å². The molecule has 2 aromatic rings. The number of hydrogen-bond donors (Lipinski definition) is 2. The molecule has 2 atom stereocenters. The third-order valence-electron chi connectivity index (χ3n) is 5.01. The van der Waals surface area contributed by atoms with Gasteiger partial charge in [0.2, 0.25) is 0 Å². The number of nitrogens with one attached hydrogen (secondary N) is 2. The van der Waals surface area contributed by atoms with Gasteiger partial charge in [0.25, 0.3) is 5.91 Å². The average Bonchev–Trinajstić information content (AvgIpc) is 3.04. The average molecular weight is 341 g/mol. The number of fused-ring (bicyclic) bond motifs is 2. The third-order valence-corrected chi connectivity index (χ3v) is 5.01. The number of ether oxygens (including phenoxy) is 2. The Kier molecular flexibility index (Phi) is 4.31. The zero-order chi connectivity index (χ0) is 17.4. The lowest BCUT2D eigenvalue weighted by Crippen LogP contribution is -2.28. The fourth-order valence-electron chi connectivity index (χ4n) is 3.79. The number of hydrogen-bond acceptors (Lipinski definition) is 4. The summed E-state index contributed by atoms with van der Waals surface area (Å²) in [6, 6.07) is 6.18. The number of aromatic nitrogens is 2. The smallest absolute Gasteiger partial charge is 0.272 e. The monoisotopic (exact) mass is 341 g/mol. The molecule has 0 aliphatic carbocycles. The molecule has 0 fully saturated rings. The first-order valence-corrected chi connectivity index (χ1v) is 8.81. The van der Waals surface area contributed by atoms with Crippen molar-refractivity contribution in [2.75, 3.05) is 6.61 Å². The maximum absolute atomic E-state index is 12.7. The van der Waals surface area contributed by atoms with E-state index in [2.05, 4.69) is 27.6 Å². The van der Waals surface area contributed by atoms with Crippen LogP contribution in [0.15, 0.2) is 18.2 Å². The van der Waals surface area contributed by atoms with Crippen LogP contribution in [0.1, 0.15) is 58.4 Å². The summed E-state index contributed by atoms with van der Waals surface area (Å²) in [5, 5.41) is 10.2. The van der Waals surface area contributed by atoms with E-state index in [-0.39, 0.29) is 18.1 Å². The van der Waals surface area contributed by atoms with Crippen molar-refractivity contribution < 1.29 is 14.3 Å². The Morgan fingerprint density at radius 1 is 1.36 bits per heavy atom. The molecule has 132 valence electrons. The van der Waals surface area contributed by atoms with Gasteiger partial charge in [-0.3, -0.25) is 9.89 Å². The van der Waals surface area contributed by atoms with Gasteiger partial charge in [-0.2, -0.15) is 5.10 Å². The lowest BCUT2D eigenvalue weighted by atomic mass is 9.97. The highest BCUT2D eigenvalue weighted by Crippen LogP contribution is 2.30. The van der Waals surface area contributed by atoms with Gasteiger partial charge in [-0.05, 0) is 37.0 Å². The van der Waals surface area contributed by atoms with Gasteiger partial charge in [0, 0.05) is 18.5 Å². The molecule has 0 saturated carbocycles. The van der Waals surface area contributed by atoms with Crippen LogP contribution in [0.5, 0.6) is 0 Å². The van der Waals surface area contributed by atoms with Gasteiger partial charge >= 0.3 is 0 Å². The van der Waals surface area contributed by atoms with E-state index >= 15 is 0 Å². The zero-order valence-electron chi connectivity index (χ0n) is 14.6. The summed E-state index contributed by atoms with van der Waals surface area (Å²) in [5.74, 6) is -0.136. The topological polar surface area (TPSA) is 76.2 Å². The number of benzene rings is 1. The Morgan fingerprint density at radius 2 is 2.24 bits per heavy atom. The van der Waals surface area contributed by atoms with Crippen LogP contribution in [0.25, 0.3) is 0 Å². The van der Waals surface area contributed by atoms with Gasteiger partial charge in [0.1, 0.15) is 0 Å². The molecule has 3 heterocycles. The summed E-state index contributed by atoms with van der Waals surface area (Å²) >= 11 is 0. The maximum atomic E-state index is 12.7. The highest BCUT2D eigenvalue weighted by molar-refractivity contribution is 5.94. The van der Waals surface area contributed by atoms with Crippen molar-refractivity contribution in [3.05, 3.63) is 51.8 Å². The van der Waals surface area contributed by atoms with Crippen LogP contribution in [0.3, 0.4) is 0 Å². The molecule has 2 aliphatic rings. The summed E-state index contributed by atoms with van der Waals surface area (Å²) in [4.78, 5) is 12.7. The highest BCUT2D eigenvalue weighted by Gasteiger charge is 2.29.